The van der Waals surface area contributed by atoms with Crippen LogP contribution in [0.3, 0.4) is 0 Å². The first-order chi connectivity index (χ1) is 12.6. The van der Waals surface area contributed by atoms with Crippen LogP contribution in [0.1, 0.15) is 75.0 Å². The molecule has 0 N–H and O–H groups in total. The van der Waals surface area contributed by atoms with Crippen molar-refractivity contribution in [1.82, 2.24) is 0 Å². The quantitative estimate of drug-likeness (QED) is 0.339. The van der Waals surface area contributed by atoms with Crippen LogP contribution >= 0.6 is 0 Å². The van der Waals surface area contributed by atoms with Gasteiger partial charge in [0.2, 0.25) is 0 Å². The Morgan fingerprint density at radius 3 is 1.89 bits per heavy atom. The van der Waals surface area contributed by atoms with Crippen molar-refractivity contribution >= 4 is 6.08 Å². The maximum absolute atomic E-state index is 12.9. The van der Waals surface area contributed by atoms with Crippen LogP contribution in [0.2, 0.25) is 0 Å². The molecule has 1 aromatic rings. The third-order valence-electron chi connectivity index (χ3n) is 5.28. The number of hydrogen-bond acceptors (Lipinski definition) is 0. The van der Waals surface area contributed by atoms with Crippen LogP contribution in [-0.2, 0) is 12.4 Å². The number of hydrogen-bond donors (Lipinski definition) is 0. The molecular weight excluding hydrogens is 366 g/mol. The number of rotatable bonds is 6. The van der Waals surface area contributed by atoms with E-state index in [1.807, 2.05) is 0 Å². The van der Waals surface area contributed by atoms with Gasteiger partial charge < -0.3 is 0 Å². The van der Waals surface area contributed by atoms with Crippen molar-refractivity contribution in [2.45, 2.75) is 70.6 Å². The molecule has 0 saturated heterocycles. The second-order valence-corrected chi connectivity index (χ2v) is 7.47. The molecule has 1 fully saturated rings. The first-order valence-corrected chi connectivity index (χ1v) is 9.57. The van der Waals surface area contributed by atoms with Crippen molar-refractivity contribution in [1.29, 1.82) is 0 Å². The Kier molecular flexibility index (Phi) is 7.40. The fourth-order valence-electron chi connectivity index (χ4n) is 3.67. The van der Waals surface area contributed by atoms with Crippen LogP contribution in [0, 0.1) is 11.8 Å². The summed E-state index contributed by atoms with van der Waals surface area (Å²) in [7, 11) is 0. The second kappa shape index (κ2) is 9.16. The summed E-state index contributed by atoms with van der Waals surface area (Å²) in [6.45, 7) is 2.17. The van der Waals surface area contributed by atoms with Crippen LogP contribution in [0.15, 0.2) is 24.3 Å². The Morgan fingerprint density at radius 1 is 0.852 bits per heavy atom. The zero-order chi connectivity index (χ0) is 20.1. The lowest BCUT2D eigenvalue weighted by atomic mass is 9.79. The normalized spacial score (nSPS) is 21.7. The van der Waals surface area contributed by atoms with Crippen molar-refractivity contribution in [3.8, 4) is 0 Å². The van der Waals surface area contributed by atoms with Gasteiger partial charge in [-0.05, 0) is 61.3 Å². The summed E-state index contributed by atoms with van der Waals surface area (Å²) < 4.78 is 77.5. The summed E-state index contributed by atoms with van der Waals surface area (Å²) in [6.07, 6.45) is 2.48. The van der Waals surface area contributed by atoms with Gasteiger partial charge in [-0.15, -0.1) is 0 Å². The molecule has 0 bridgehead atoms. The molecule has 0 unspecified atom stereocenters. The van der Waals surface area contributed by atoms with Crippen LogP contribution in [-0.4, -0.2) is 0 Å². The minimum atomic E-state index is -4.81. The first-order valence-electron chi connectivity index (χ1n) is 9.57. The molecule has 0 aromatic heterocycles. The summed E-state index contributed by atoms with van der Waals surface area (Å²) in [4.78, 5) is 0. The molecule has 0 radical (unpaired) electrons. The van der Waals surface area contributed by atoms with Gasteiger partial charge in [-0.1, -0.05) is 44.8 Å². The minimum Gasteiger partial charge on any atom is -0.166 e. The molecular formula is C21H26F6. The lowest BCUT2D eigenvalue weighted by Crippen LogP contribution is -2.13. The molecule has 0 heterocycles. The van der Waals surface area contributed by atoms with Crippen molar-refractivity contribution < 1.29 is 26.3 Å². The Balaban J connectivity index is 2.04. The molecule has 0 nitrogen and oxygen atoms in total. The highest BCUT2D eigenvalue weighted by Gasteiger charge is 2.36. The molecule has 6 heteroatoms. The van der Waals surface area contributed by atoms with E-state index in [1.54, 1.807) is 6.08 Å². The van der Waals surface area contributed by atoms with E-state index in [-0.39, 0.29) is 17.5 Å². The average Bonchev–Trinajstić information content (AvgIpc) is 2.59. The van der Waals surface area contributed by atoms with E-state index >= 15 is 0 Å². The Labute approximate surface area is 156 Å². The molecule has 1 aromatic carbocycles. The number of unbranched alkanes of at least 4 members (excludes halogenated alkanes) is 2. The fourth-order valence-corrected chi connectivity index (χ4v) is 3.67. The van der Waals surface area contributed by atoms with Gasteiger partial charge in [0, 0.05) is 0 Å². The van der Waals surface area contributed by atoms with E-state index in [4.69, 9.17) is 0 Å². The zero-order valence-electron chi connectivity index (χ0n) is 15.5. The highest BCUT2D eigenvalue weighted by Crippen LogP contribution is 2.37. The van der Waals surface area contributed by atoms with Gasteiger partial charge in [-0.25, -0.2) is 0 Å². The van der Waals surface area contributed by atoms with Gasteiger partial charge in [0.1, 0.15) is 0 Å². The van der Waals surface area contributed by atoms with E-state index in [9.17, 15) is 26.3 Å². The van der Waals surface area contributed by atoms with Gasteiger partial charge in [0.25, 0.3) is 0 Å². The molecule has 152 valence electrons. The summed E-state index contributed by atoms with van der Waals surface area (Å²) in [5.74, 6) is 0.919. The SMILES string of the molecule is CCCCCC1CCC(C=Cc2cc(C(F)(F)F)cc(C(F)(F)F)c2)CC1. The van der Waals surface area contributed by atoms with Gasteiger partial charge in [0.15, 0.2) is 0 Å². The molecule has 0 amide bonds. The molecule has 0 spiro atoms. The van der Waals surface area contributed by atoms with Gasteiger partial charge >= 0.3 is 12.4 Å². The third-order valence-corrected chi connectivity index (χ3v) is 5.28. The second-order valence-electron chi connectivity index (χ2n) is 7.47. The van der Waals surface area contributed by atoms with Gasteiger partial charge in [-0.2, -0.15) is 26.3 Å². The number of benzene rings is 1. The van der Waals surface area contributed by atoms with Gasteiger partial charge in [0.05, 0.1) is 11.1 Å². The third kappa shape index (κ3) is 6.89. The number of alkyl halides is 6. The van der Waals surface area contributed by atoms with E-state index < -0.39 is 23.5 Å². The van der Waals surface area contributed by atoms with Gasteiger partial charge in [-0.3, -0.25) is 0 Å². The maximum atomic E-state index is 12.9. The molecule has 1 aliphatic carbocycles. The fraction of sp³-hybridized carbons (Fsp3) is 0.619. The standard InChI is InChI=1S/C21H26F6/c1-2-3-4-5-15-6-8-16(9-7-15)10-11-17-12-18(20(22,23)24)14-19(13-17)21(25,26)27/h10-16H,2-9H2,1H3. The predicted octanol–water partition coefficient (Wildman–Crippen LogP) is 8.12. The smallest absolute Gasteiger partial charge is 0.166 e. The largest absolute Gasteiger partial charge is 0.416 e. The minimum absolute atomic E-state index is 0.0535. The van der Waals surface area contributed by atoms with Crippen molar-refractivity contribution in [3.05, 3.63) is 41.0 Å². The highest BCUT2D eigenvalue weighted by molar-refractivity contribution is 5.53. The van der Waals surface area contributed by atoms with Crippen LogP contribution < -0.4 is 0 Å². The Hall–Kier alpha value is -1.46. The number of allylic oxidation sites excluding steroid dienone is 1. The number of halogens is 6. The molecule has 0 aliphatic heterocycles. The summed E-state index contributed by atoms with van der Waals surface area (Å²) in [5, 5.41) is 0. The summed E-state index contributed by atoms with van der Waals surface area (Å²) >= 11 is 0. The summed E-state index contributed by atoms with van der Waals surface area (Å²) in [6, 6.07) is 1.73. The van der Waals surface area contributed by atoms with Crippen LogP contribution in [0.5, 0.6) is 0 Å². The van der Waals surface area contributed by atoms with E-state index in [2.05, 4.69) is 6.92 Å². The predicted molar refractivity (Wildman–Crippen MR) is 95.1 cm³/mol. The van der Waals surface area contributed by atoms with Crippen molar-refractivity contribution in [3.63, 3.8) is 0 Å². The molecule has 1 saturated carbocycles. The maximum Gasteiger partial charge on any atom is 0.416 e. The average molecular weight is 392 g/mol. The monoisotopic (exact) mass is 392 g/mol. The first kappa shape index (κ1) is 21.8. The van der Waals surface area contributed by atoms with Crippen LogP contribution in [0.4, 0.5) is 26.3 Å². The van der Waals surface area contributed by atoms with E-state index in [1.165, 1.54) is 31.8 Å². The van der Waals surface area contributed by atoms with Crippen molar-refractivity contribution in [2.24, 2.45) is 11.8 Å². The van der Waals surface area contributed by atoms with E-state index in [0.717, 1.165) is 37.8 Å². The molecule has 2 rings (SSSR count). The van der Waals surface area contributed by atoms with Crippen LogP contribution in [0.25, 0.3) is 6.08 Å². The van der Waals surface area contributed by atoms with Crippen molar-refractivity contribution in [2.75, 3.05) is 0 Å². The highest BCUT2D eigenvalue weighted by atomic mass is 19.4. The molecule has 27 heavy (non-hydrogen) atoms. The lowest BCUT2D eigenvalue weighted by Gasteiger charge is -2.26. The summed E-state index contributed by atoms with van der Waals surface area (Å²) in [5.41, 5.74) is -2.59. The van der Waals surface area contributed by atoms with E-state index in [0.29, 0.717) is 5.92 Å². The molecule has 1 aliphatic rings. The Bertz CT molecular complexity index is 586. The Morgan fingerprint density at radius 2 is 1.41 bits per heavy atom. The molecule has 0 atom stereocenters. The topological polar surface area (TPSA) is 0 Å². The lowest BCUT2D eigenvalue weighted by molar-refractivity contribution is -0.143. The zero-order valence-corrected chi connectivity index (χ0v) is 15.5.